The zero-order chi connectivity index (χ0) is 21.1. The highest BCUT2D eigenvalue weighted by molar-refractivity contribution is 5.27. The Labute approximate surface area is 173 Å². The van der Waals surface area contributed by atoms with Crippen LogP contribution < -0.4 is 15.8 Å². The van der Waals surface area contributed by atoms with Gasteiger partial charge in [0.05, 0.1) is 12.2 Å². The summed E-state index contributed by atoms with van der Waals surface area (Å²) in [6, 6.07) is 8.64. The lowest BCUT2D eigenvalue weighted by Crippen LogP contribution is -2.47. The van der Waals surface area contributed by atoms with Crippen molar-refractivity contribution in [2.45, 2.75) is 45.1 Å². The third-order valence-corrected chi connectivity index (χ3v) is 5.09. The van der Waals surface area contributed by atoms with Crippen LogP contribution in [-0.4, -0.2) is 43.9 Å². The first-order chi connectivity index (χ1) is 14.1. The van der Waals surface area contributed by atoms with Gasteiger partial charge in [-0.15, -0.1) is 0 Å². The molecule has 2 aromatic rings. The van der Waals surface area contributed by atoms with E-state index in [1.54, 1.807) is 12.4 Å². The molecule has 160 valence electrons. The molecule has 1 aromatic carbocycles. The van der Waals surface area contributed by atoms with E-state index in [1.165, 1.54) is 12.1 Å². The number of rotatable bonds is 8. The number of hydrogen-bond donors (Lipinski definition) is 2. The summed E-state index contributed by atoms with van der Waals surface area (Å²) < 4.78 is 24.6. The number of halogens is 1. The minimum absolute atomic E-state index is 0.0486. The number of pyridine rings is 1. The fourth-order valence-corrected chi connectivity index (χ4v) is 3.50. The average molecular weight is 404 g/mol. The van der Waals surface area contributed by atoms with Crippen LogP contribution in [0.4, 0.5) is 4.39 Å². The number of nitrogens with two attached hydrogens (primary N) is 1. The molecule has 29 heavy (non-hydrogen) atoms. The quantitative estimate of drug-likeness (QED) is 0.705. The van der Waals surface area contributed by atoms with Crippen LogP contribution in [-0.2, 0) is 10.2 Å². The van der Waals surface area contributed by atoms with Crippen molar-refractivity contribution < 1.29 is 13.9 Å². The minimum Gasteiger partial charge on any atom is -0.490 e. The van der Waals surface area contributed by atoms with E-state index in [0.29, 0.717) is 26.4 Å². The van der Waals surface area contributed by atoms with E-state index in [9.17, 15) is 4.39 Å². The molecule has 0 spiro atoms. The molecule has 5 nitrogen and oxygen atoms in total. The van der Waals surface area contributed by atoms with E-state index in [4.69, 9.17) is 15.2 Å². The van der Waals surface area contributed by atoms with Crippen LogP contribution in [0.3, 0.4) is 0 Å². The van der Waals surface area contributed by atoms with Gasteiger partial charge in [0.25, 0.3) is 0 Å². The van der Waals surface area contributed by atoms with Crippen molar-refractivity contribution >= 4 is 0 Å². The first-order valence-electron chi connectivity index (χ1n) is 10.4. The maximum atomic E-state index is 13.3. The van der Waals surface area contributed by atoms with Crippen LogP contribution in [0.5, 0.6) is 5.75 Å². The Morgan fingerprint density at radius 1 is 1.21 bits per heavy atom. The van der Waals surface area contributed by atoms with Crippen molar-refractivity contribution in [2.24, 2.45) is 5.73 Å². The smallest absolute Gasteiger partial charge is 0.137 e. The van der Waals surface area contributed by atoms with Crippen molar-refractivity contribution in [1.82, 2.24) is 10.3 Å². The Morgan fingerprint density at radius 3 is 2.55 bits per heavy atom. The fourth-order valence-electron chi connectivity index (χ4n) is 3.50. The van der Waals surface area contributed by atoms with Gasteiger partial charge < -0.3 is 20.5 Å². The molecule has 1 aliphatic rings. The second kappa shape index (κ2) is 11.9. The number of hydrogen-bond acceptors (Lipinski definition) is 5. The lowest BCUT2D eigenvalue weighted by Gasteiger charge is -2.38. The summed E-state index contributed by atoms with van der Waals surface area (Å²) in [6.45, 7) is 9.25. The van der Waals surface area contributed by atoms with E-state index >= 15 is 0 Å². The number of benzene rings is 1. The fraction of sp³-hybridized carbons (Fsp3) is 0.522. The summed E-state index contributed by atoms with van der Waals surface area (Å²) in [5.74, 6) is 0.524. The summed E-state index contributed by atoms with van der Waals surface area (Å²) in [5, 5.41) is 3.49. The molecule has 0 radical (unpaired) electrons. The second-order valence-corrected chi connectivity index (χ2v) is 7.30. The lowest BCUT2D eigenvalue weighted by molar-refractivity contribution is 0.0497. The Hall–Kier alpha value is -2.02. The molecule has 1 fully saturated rings. The summed E-state index contributed by atoms with van der Waals surface area (Å²) in [7, 11) is 0. The van der Waals surface area contributed by atoms with Gasteiger partial charge in [-0.2, -0.15) is 0 Å². The number of aromatic nitrogens is 1. The SMILES string of the molecule is CC.Cc1cncc(OCC(N)CNCC2(c3ccc(F)cc3)CCOCC2)c1. The Bertz CT molecular complexity index is 718. The largest absolute Gasteiger partial charge is 0.490 e. The molecule has 1 atom stereocenters. The number of aryl methyl sites for hydroxylation is 1. The van der Waals surface area contributed by atoms with E-state index in [-0.39, 0.29) is 17.3 Å². The molecule has 0 aliphatic carbocycles. The van der Waals surface area contributed by atoms with Gasteiger partial charge in [0.1, 0.15) is 18.2 Å². The third kappa shape index (κ3) is 7.07. The van der Waals surface area contributed by atoms with Crippen molar-refractivity contribution in [3.05, 3.63) is 59.7 Å². The van der Waals surface area contributed by atoms with Crippen LogP contribution in [0.1, 0.15) is 37.8 Å². The Kier molecular flexibility index (Phi) is 9.51. The van der Waals surface area contributed by atoms with Crippen molar-refractivity contribution in [2.75, 3.05) is 32.9 Å². The van der Waals surface area contributed by atoms with Crippen molar-refractivity contribution in [1.29, 1.82) is 0 Å². The van der Waals surface area contributed by atoms with Crippen LogP contribution >= 0.6 is 0 Å². The van der Waals surface area contributed by atoms with Crippen LogP contribution in [0.15, 0.2) is 42.7 Å². The monoisotopic (exact) mass is 403 g/mol. The van der Waals surface area contributed by atoms with Gasteiger partial charge in [0.2, 0.25) is 0 Å². The maximum Gasteiger partial charge on any atom is 0.137 e. The Balaban J connectivity index is 0.00000145. The molecule has 0 bridgehead atoms. The molecule has 1 saturated heterocycles. The molecule has 3 rings (SSSR count). The minimum atomic E-state index is -0.210. The van der Waals surface area contributed by atoms with Gasteiger partial charge >= 0.3 is 0 Å². The van der Waals surface area contributed by atoms with Gasteiger partial charge in [-0.25, -0.2) is 4.39 Å². The van der Waals surface area contributed by atoms with Crippen molar-refractivity contribution in [3.8, 4) is 5.75 Å². The van der Waals surface area contributed by atoms with Crippen LogP contribution in [0, 0.1) is 12.7 Å². The zero-order valence-corrected chi connectivity index (χ0v) is 17.8. The summed E-state index contributed by atoms with van der Waals surface area (Å²) in [6.07, 6.45) is 5.30. The first kappa shape index (κ1) is 23.3. The second-order valence-electron chi connectivity index (χ2n) is 7.30. The predicted octanol–water partition coefficient (Wildman–Crippen LogP) is 3.60. The summed E-state index contributed by atoms with van der Waals surface area (Å²) in [5.41, 5.74) is 8.35. The molecular formula is C23H34FN3O2. The van der Waals surface area contributed by atoms with Gasteiger partial charge in [-0.3, -0.25) is 4.98 Å². The maximum absolute atomic E-state index is 13.3. The zero-order valence-electron chi connectivity index (χ0n) is 17.8. The van der Waals surface area contributed by atoms with E-state index in [1.807, 2.05) is 39.0 Å². The van der Waals surface area contributed by atoms with E-state index in [0.717, 1.165) is 36.3 Å². The summed E-state index contributed by atoms with van der Waals surface area (Å²) in [4.78, 5) is 4.11. The third-order valence-electron chi connectivity index (χ3n) is 5.09. The lowest BCUT2D eigenvalue weighted by atomic mass is 9.74. The topological polar surface area (TPSA) is 69.4 Å². The first-order valence-corrected chi connectivity index (χ1v) is 10.4. The van der Waals surface area contributed by atoms with Crippen molar-refractivity contribution in [3.63, 3.8) is 0 Å². The van der Waals surface area contributed by atoms with Gasteiger partial charge in [-0.1, -0.05) is 26.0 Å². The highest BCUT2D eigenvalue weighted by Gasteiger charge is 2.34. The van der Waals surface area contributed by atoms with Crippen LogP contribution in [0.2, 0.25) is 0 Å². The highest BCUT2D eigenvalue weighted by Crippen LogP contribution is 2.34. The standard InChI is InChI=1S/C21H28FN3O2.C2H6/c1-16-10-20(13-24-11-16)27-14-19(23)12-25-15-21(6-8-26-9-7-21)17-2-4-18(22)5-3-17;1-2/h2-5,10-11,13,19,25H,6-9,12,14-15,23H2,1H3;1-2H3. The van der Waals surface area contributed by atoms with E-state index in [2.05, 4.69) is 10.3 Å². The molecule has 6 heteroatoms. The highest BCUT2D eigenvalue weighted by atomic mass is 19.1. The molecule has 2 heterocycles. The normalized spacial score (nSPS) is 16.4. The van der Waals surface area contributed by atoms with Gasteiger partial charge in [0.15, 0.2) is 0 Å². The number of ether oxygens (including phenoxy) is 2. The molecule has 1 unspecified atom stereocenters. The van der Waals surface area contributed by atoms with Gasteiger partial charge in [-0.05, 0) is 49.1 Å². The average Bonchev–Trinajstić information content (AvgIpc) is 2.75. The number of nitrogens with zero attached hydrogens (tertiary/aromatic N) is 1. The molecule has 0 saturated carbocycles. The molecule has 1 aliphatic heterocycles. The predicted molar refractivity (Wildman–Crippen MR) is 115 cm³/mol. The molecule has 3 N–H and O–H groups in total. The van der Waals surface area contributed by atoms with E-state index < -0.39 is 0 Å². The van der Waals surface area contributed by atoms with Gasteiger partial charge in [0, 0.05) is 37.9 Å². The summed E-state index contributed by atoms with van der Waals surface area (Å²) >= 11 is 0. The Morgan fingerprint density at radius 2 is 1.90 bits per heavy atom. The molecule has 1 aromatic heterocycles. The molecular weight excluding hydrogens is 369 g/mol. The molecule has 0 amide bonds. The van der Waals surface area contributed by atoms with Crippen LogP contribution in [0.25, 0.3) is 0 Å². The number of nitrogens with one attached hydrogen (secondary N) is 1.